The van der Waals surface area contributed by atoms with Crippen molar-refractivity contribution in [2.75, 3.05) is 14.2 Å². The molecule has 0 fully saturated rings. The van der Waals surface area contributed by atoms with Crippen LogP contribution in [-0.4, -0.2) is 18.4 Å². The smallest absolute Gasteiger partial charge is 0.192 e. The molecule has 0 saturated heterocycles. The molecular formula is C22H16F2O3S. The van der Waals surface area contributed by atoms with Gasteiger partial charge in [0.2, 0.25) is 0 Å². The molecule has 0 aromatic heterocycles. The Morgan fingerprint density at radius 3 is 1.89 bits per heavy atom. The summed E-state index contributed by atoms with van der Waals surface area (Å²) in [6.07, 6.45) is 0. The van der Waals surface area contributed by atoms with Crippen LogP contribution in [0.1, 0.15) is 0 Å². The largest absolute Gasteiger partial charge is 0.493 e. The first-order valence-electron chi connectivity index (χ1n) is 8.50. The highest BCUT2D eigenvalue weighted by atomic mass is 32.2. The zero-order valence-corrected chi connectivity index (χ0v) is 16.0. The first-order valence-corrected chi connectivity index (χ1v) is 9.57. The van der Waals surface area contributed by atoms with Crippen LogP contribution in [0.15, 0.2) is 65.6 Å². The Morgan fingerprint density at radius 1 is 0.786 bits per heavy atom. The Hall–Kier alpha value is -2.83. The molecular weight excluding hydrogens is 382 g/mol. The van der Waals surface area contributed by atoms with Gasteiger partial charge in [-0.15, -0.1) is 0 Å². The van der Waals surface area contributed by atoms with E-state index >= 15 is 4.39 Å². The number of halogens is 2. The molecule has 6 heteroatoms. The maximum Gasteiger partial charge on any atom is 0.192 e. The normalized spacial score (nSPS) is 12.4. The maximum atomic E-state index is 15.0. The molecule has 28 heavy (non-hydrogen) atoms. The van der Waals surface area contributed by atoms with E-state index in [-0.39, 0.29) is 10.6 Å². The zero-order valence-electron chi connectivity index (χ0n) is 15.2. The van der Waals surface area contributed by atoms with Crippen molar-refractivity contribution in [3.8, 4) is 16.9 Å². The molecule has 0 N–H and O–H groups in total. The fourth-order valence-electron chi connectivity index (χ4n) is 3.53. The second-order valence-corrected chi connectivity index (χ2v) is 7.38. The number of hydrogen-bond donors (Lipinski definition) is 0. The van der Waals surface area contributed by atoms with Crippen molar-refractivity contribution >= 4 is 32.6 Å². The summed E-state index contributed by atoms with van der Waals surface area (Å²) in [5.74, 6) is -1.31. The second kappa shape index (κ2) is 7.30. The summed E-state index contributed by atoms with van der Waals surface area (Å²) in [6, 6.07) is 16.9. The van der Waals surface area contributed by atoms with Crippen molar-refractivity contribution in [2.45, 2.75) is 4.90 Å². The summed E-state index contributed by atoms with van der Waals surface area (Å²) in [6.45, 7) is 0. The van der Waals surface area contributed by atoms with E-state index in [1.54, 1.807) is 48.5 Å². The Morgan fingerprint density at radius 2 is 1.32 bits per heavy atom. The summed E-state index contributed by atoms with van der Waals surface area (Å²) < 4.78 is 52.8. The van der Waals surface area contributed by atoms with Gasteiger partial charge in [0.25, 0.3) is 0 Å². The number of benzene rings is 4. The van der Waals surface area contributed by atoms with Crippen molar-refractivity contribution in [1.29, 1.82) is 0 Å². The molecule has 0 amide bonds. The van der Waals surface area contributed by atoms with E-state index in [2.05, 4.69) is 0 Å². The van der Waals surface area contributed by atoms with Crippen LogP contribution < -0.4 is 4.74 Å². The Bertz CT molecular complexity index is 1240. The minimum Gasteiger partial charge on any atom is -0.493 e. The van der Waals surface area contributed by atoms with Crippen molar-refractivity contribution in [1.82, 2.24) is 0 Å². The predicted octanol–water partition coefficient (Wildman–Crippen LogP) is 5.62. The quantitative estimate of drug-likeness (QED) is 0.448. The van der Waals surface area contributed by atoms with Crippen molar-refractivity contribution < 1.29 is 21.9 Å². The highest BCUT2D eigenvalue weighted by Crippen LogP contribution is 2.45. The van der Waals surface area contributed by atoms with Crippen molar-refractivity contribution in [2.24, 2.45) is 0 Å². The van der Waals surface area contributed by atoms with Gasteiger partial charge in [-0.1, -0.05) is 48.5 Å². The lowest BCUT2D eigenvalue weighted by atomic mass is 9.92. The van der Waals surface area contributed by atoms with Gasteiger partial charge in [-0.25, -0.2) is 13.0 Å². The molecule has 4 aromatic rings. The Kier molecular flexibility index (Phi) is 4.83. The van der Waals surface area contributed by atoms with Gasteiger partial charge < -0.3 is 4.74 Å². The average molecular weight is 398 g/mol. The SMILES string of the molecule is COc1c(F)cc2ccccc2c1-c1c(S(=O)OC)c(F)cc2ccccc12. The number of hydrogen-bond acceptors (Lipinski definition) is 3. The third kappa shape index (κ3) is 2.85. The van der Waals surface area contributed by atoms with Gasteiger partial charge in [-0.2, -0.15) is 0 Å². The summed E-state index contributed by atoms with van der Waals surface area (Å²) in [5.41, 5.74) is 0.637. The zero-order chi connectivity index (χ0) is 19.8. The third-order valence-corrected chi connectivity index (χ3v) is 5.72. The number of ether oxygens (including phenoxy) is 1. The van der Waals surface area contributed by atoms with E-state index in [9.17, 15) is 8.60 Å². The van der Waals surface area contributed by atoms with E-state index < -0.39 is 22.7 Å². The molecule has 0 radical (unpaired) electrons. The lowest BCUT2D eigenvalue weighted by Crippen LogP contribution is -2.04. The van der Waals surface area contributed by atoms with Crippen LogP contribution >= 0.6 is 0 Å². The molecule has 3 nitrogen and oxygen atoms in total. The minimum atomic E-state index is -2.08. The lowest BCUT2D eigenvalue weighted by Gasteiger charge is -2.18. The molecule has 0 saturated carbocycles. The number of methoxy groups -OCH3 is 1. The Balaban J connectivity index is 2.29. The van der Waals surface area contributed by atoms with E-state index in [0.717, 1.165) is 0 Å². The molecule has 0 spiro atoms. The highest BCUT2D eigenvalue weighted by Gasteiger charge is 2.26. The second-order valence-electron chi connectivity index (χ2n) is 6.17. The van der Waals surface area contributed by atoms with Crippen molar-refractivity contribution in [3.63, 3.8) is 0 Å². The van der Waals surface area contributed by atoms with Gasteiger partial charge in [0.05, 0.1) is 14.2 Å². The molecule has 0 aliphatic rings. The molecule has 0 aliphatic carbocycles. The van der Waals surface area contributed by atoms with E-state index in [1.165, 1.54) is 26.4 Å². The summed E-state index contributed by atoms with van der Waals surface area (Å²) in [5, 5.41) is 2.50. The minimum absolute atomic E-state index is 0.0381. The van der Waals surface area contributed by atoms with E-state index in [0.29, 0.717) is 32.7 Å². The lowest BCUT2D eigenvalue weighted by molar-refractivity contribution is 0.389. The number of fused-ring (bicyclic) bond motifs is 2. The summed E-state index contributed by atoms with van der Waals surface area (Å²) in [7, 11) is 2.58. The molecule has 4 aromatic carbocycles. The van der Waals surface area contributed by atoms with Gasteiger partial charge in [0.15, 0.2) is 22.6 Å². The molecule has 4 rings (SSSR count). The fourth-order valence-corrected chi connectivity index (χ4v) is 4.29. The van der Waals surface area contributed by atoms with Gasteiger partial charge in [-0.05, 0) is 33.7 Å². The third-order valence-electron chi connectivity index (χ3n) is 4.68. The summed E-state index contributed by atoms with van der Waals surface area (Å²) >= 11 is -2.08. The number of rotatable bonds is 4. The van der Waals surface area contributed by atoms with Crippen LogP contribution in [0.3, 0.4) is 0 Å². The molecule has 0 bridgehead atoms. The van der Waals surface area contributed by atoms with E-state index in [4.69, 9.17) is 8.92 Å². The molecule has 142 valence electrons. The van der Waals surface area contributed by atoms with Crippen molar-refractivity contribution in [3.05, 3.63) is 72.3 Å². The van der Waals surface area contributed by atoms with Gasteiger partial charge >= 0.3 is 0 Å². The molecule has 0 aliphatic heterocycles. The van der Waals surface area contributed by atoms with Crippen LogP contribution in [0, 0.1) is 11.6 Å². The summed E-state index contributed by atoms with van der Waals surface area (Å²) in [4.78, 5) is -0.143. The van der Waals surface area contributed by atoms with Gasteiger partial charge in [0, 0.05) is 11.1 Å². The predicted molar refractivity (Wildman–Crippen MR) is 107 cm³/mol. The van der Waals surface area contributed by atoms with E-state index in [1.807, 2.05) is 0 Å². The topological polar surface area (TPSA) is 35.5 Å². The monoisotopic (exact) mass is 398 g/mol. The molecule has 0 heterocycles. The van der Waals surface area contributed by atoms with Gasteiger partial charge in [0.1, 0.15) is 10.7 Å². The van der Waals surface area contributed by atoms with Crippen LogP contribution in [0.5, 0.6) is 5.75 Å². The molecule has 1 unspecified atom stereocenters. The van der Waals surface area contributed by atoms with Crippen LogP contribution in [0.4, 0.5) is 8.78 Å². The van der Waals surface area contributed by atoms with Crippen LogP contribution in [0.25, 0.3) is 32.7 Å². The highest BCUT2D eigenvalue weighted by molar-refractivity contribution is 7.80. The van der Waals surface area contributed by atoms with Crippen LogP contribution in [0.2, 0.25) is 0 Å². The van der Waals surface area contributed by atoms with Crippen LogP contribution in [-0.2, 0) is 15.3 Å². The standard InChI is InChI=1S/C22H16F2O3S/c1-26-21-17(23)11-13-7-3-5-9-15(13)19(21)20-16-10-6-4-8-14(16)12-18(24)22(20)28(25)27-2/h3-12H,1-2H3. The van der Waals surface area contributed by atoms with Gasteiger partial charge in [-0.3, -0.25) is 4.18 Å². The first kappa shape index (κ1) is 18.5. The first-order chi connectivity index (χ1) is 13.6. The molecule has 1 atom stereocenters. The maximum absolute atomic E-state index is 15.0. The Labute approximate surface area is 163 Å². The average Bonchev–Trinajstić information content (AvgIpc) is 2.71. The fraction of sp³-hybridized carbons (Fsp3) is 0.0909.